The third-order valence-corrected chi connectivity index (χ3v) is 10.2. The molecule has 2 saturated carbocycles. The quantitative estimate of drug-likeness (QED) is 0.316. The molecule has 1 aliphatic heterocycles. The maximum Gasteiger partial charge on any atom is 0.344 e. The highest BCUT2D eigenvalue weighted by Crippen LogP contribution is 2.51. The molecule has 2 aromatic heterocycles. The third-order valence-electron chi connectivity index (χ3n) is 9.18. The second-order valence-corrected chi connectivity index (χ2v) is 12.5. The van der Waals surface area contributed by atoms with Gasteiger partial charge in [-0.25, -0.2) is 9.48 Å². The molecule has 3 heterocycles. The molecule has 1 N–H and O–H groups in total. The van der Waals surface area contributed by atoms with E-state index in [1.807, 2.05) is 28.3 Å². The standard InChI is InChI=1S/C29H36N4O4S/c34-20-21-8-9-25-24(17-21)30-31-33(25)13-4-12-32-14-10-28(11-15-32)18-23(19-28)37-27(35)29(36,22-5-1-2-6-22)26-7-3-16-38-26/h3,7-9,16-17,20,22-23,36H,1-2,4-6,10-15,18-19H2. The summed E-state index contributed by atoms with van der Waals surface area (Å²) in [4.78, 5) is 27.5. The van der Waals surface area contributed by atoms with Crippen molar-refractivity contribution in [1.82, 2.24) is 19.9 Å². The van der Waals surface area contributed by atoms with Gasteiger partial charge in [0.1, 0.15) is 17.9 Å². The van der Waals surface area contributed by atoms with E-state index in [9.17, 15) is 14.7 Å². The number of aryl methyl sites for hydroxylation is 1. The number of esters is 1. The SMILES string of the molecule is O=Cc1ccc2c(c1)nnn2CCCN1CCC2(CC1)CC(OC(=O)C(O)(c1cccs1)C1CCCC1)C2. The second kappa shape index (κ2) is 10.5. The summed E-state index contributed by atoms with van der Waals surface area (Å²) >= 11 is 1.45. The van der Waals surface area contributed by atoms with Gasteiger partial charge in [-0.15, -0.1) is 16.4 Å². The first-order chi connectivity index (χ1) is 18.5. The number of piperidine rings is 1. The van der Waals surface area contributed by atoms with Gasteiger partial charge in [0.2, 0.25) is 0 Å². The molecule has 1 atom stereocenters. The summed E-state index contributed by atoms with van der Waals surface area (Å²) in [5.74, 6) is -0.484. The van der Waals surface area contributed by atoms with E-state index in [0.717, 1.165) is 106 Å². The van der Waals surface area contributed by atoms with Gasteiger partial charge in [-0.05, 0) is 99.6 Å². The zero-order valence-corrected chi connectivity index (χ0v) is 22.6. The van der Waals surface area contributed by atoms with E-state index in [2.05, 4.69) is 15.2 Å². The molecule has 1 unspecified atom stereocenters. The van der Waals surface area contributed by atoms with Crippen LogP contribution < -0.4 is 0 Å². The number of benzene rings is 1. The van der Waals surface area contributed by atoms with Crippen molar-refractivity contribution in [3.05, 3.63) is 46.2 Å². The highest BCUT2D eigenvalue weighted by atomic mass is 32.1. The van der Waals surface area contributed by atoms with Crippen LogP contribution in [0.5, 0.6) is 0 Å². The maximum absolute atomic E-state index is 13.3. The number of likely N-dealkylation sites (tertiary alicyclic amines) is 1. The fraction of sp³-hybridized carbons (Fsp3) is 0.586. The van der Waals surface area contributed by atoms with Crippen molar-refractivity contribution < 1.29 is 19.4 Å². The molecule has 202 valence electrons. The summed E-state index contributed by atoms with van der Waals surface area (Å²) in [5, 5.41) is 22.0. The number of carbonyl (C=O) groups excluding carboxylic acids is 2. The smallest absolute Gasteiger partial charge is 0.344 e. The predicted octanol–water partition coefficient (Wildman–Crippen LogP) is 4.56. The highest BCUT2D eigenvalue weighted by molar-refractivity contribution is 7.10. The van der Waals surface area contributed by atoms with Gasteiger partial charge in [0.25, 0.3) is 0 Å². The van der Waals surface area contributed by atoms with Crippen molar-refractivity contribution in [2.45, 2.75) is 76.0 Å². The normalized spacial score (nSPS) is 21.9. The predicted molar refractivity (Wildman–Crippen MR) is 145 cm³/mol. The summed E-state index contributed by atoms with van der Waals surface area (Å²) in [6.07, 6.45) is 9.68. The van der Waals surface area contributed by atoms with Crippen molar-refractivity contribution in [2.24, 2.45) is 11.3 Å². The van der Waals surface area contributed by atoms with Gasteiger partial charge in [-0.2, -0.15) is 0 Å². The lowest BCUT2D eigenvalue weighted by molar-refractivity contribution is -0.192. The van der Waals surface area contributed by atoms with E-state index >= 15 is 0 Å². The minimum atomic E-state index is -1.50. The van der Waals surface area contributed by atoms with Crippen molar-refractivity contribution in [2.75, 3.05) is 19.6 Å². The summed E-state index contributed by atoms with van der Waals surface area (Å²) in [5.41, 5.74) is 1.11. The molecule has 2 aliphatic carbocycles. The molecular formula is C29H36N4O4S. The Balaban J connectivity index is 0.966. The van der Waals surface area contributed by atoms with Gasteiger partial charge in [0, 0.05) is 22.9 Å². The Morgan fingerprint density at radius 3 is 2.68 bits per heavy atom. The molecule has 1 saturated heterocycles. The fourth-order valence-electron chi connectivity index (χ4n) is 6.87. The van der Waals surface area contributed by atoms with E-state index < -0.39 is 11.6 Å². The largest absolute Gasteiger partial charge is 0.460 e. The van der Waals surface area contributed by atoms with Crippen LogP contribution in [0.3, 0.4) is 0 Å². The molecule has 0 amide bonds. The number of rotatable bonds is 9. The Morgan fingerprint density at radius 2 is 1.97 bits per heavy atom. The second-order valence-electron chi connectivity index (χ2n) is 11.5. The lowest BCUT2D eigenvalue weighted by Crippen LogP contribution is -2.52. The fourth-order valence-corrected chi connectivity index (χ4v) is 7.76. The van der Waals surface area contributed by atoms with Crippen LogP contribution in [0, 0.1) is 11.3 Å². The third kappa shape index (κ3) is 4.80. The Hall–Kier alpha value is -2.62. The minimum absolute atomic E-state index is 0.0461. The number of ether oxygens (including phenoxy) is 1. The van der Waals surface area contributed by atoms with Crippen LogP contribution in [0.4, 0.5) is 0 Å². The van der Waals surface area contributed by atoms with Crippen LogP contribution in [0.1, 0.15) is 73.0 Å². The van der Waals surface area contributed by atoms with Crippen LogP contribution in [-0.4, -0.2) is 63.0 Å². The first-order valence-electron chi connectivity index (χ1n) is 14.0. The van der Waals surface area contributed by atoms with Crippen molar-refractivity contribution in [1.29, 1.82) is 0 Å². The lowest BCUT2D eigenvalue weighted by atomic mass is 9.61. The van der Waals surface area contributed by atoms with Gasteiger partial charge in [0.15, 0.2) is 5.60 Å². The number of carbonyl (C=O) groups is 2. The Kier molecular flexibility index (Phi) is 7.09. The molecule has 8 nitrogen and oxygen atoms in total. The number of nitrogens with zero attached hydrogens (tertiary/aromatic N) is 4. The molecule has 1 spiro atoms. The van der Waals surface area contributed by atoms with E-state index in [1.54, 1.807) is 12.1 Å². The zero-order chi connectivity index (χ0) is 26.2. The molecule has 0 radical (unpaired) electrons. The Labute approximate surface area is 227 Å². The molecular weight excluding hydrogens is 500 g/mol. The lowest BCUT2D eigenvalue weighted by Gasteiger charge is -2.52. The number of hydrogen-bond donors (Lipinski definition) is 1. The van der Waals surface area contributed by atoms with Crippen molar-refractivity contribution in [3.8, 4) is 0 Å². The number of thiophene rings is 1. The zero-order valence-electron chi connectivity index (χ0n) is 21.8. The minimum Gasteiger partial charge on any atom is -0.460 e. The van der Waals surface area contributed by atoms with E-state index in [4.69, 9.17) is 4.74 Å². The average Bonchev–Trinajstić information content (AvgIpc) is 3.71. The molecule has 9 heteroatoms. The number of aliphatic hydroxyl groups is 1. The van der Waals surface area contributed by atoms with Crippen LogP contribution >= 0.6 is 11.3 Å². The molecule has 3 aromatic rings. The monoisotopic (exact) mass is 536 g/mol. The number of hydrogen-bond acceptors (Lipinski definition) is 8. The van der Waals surface area contributed by atoms with Gasteiger partial charge in [-0.1, -0.05) is 24.1 Å². The Morgan fingerprint density at radius 1 is 1.18 bits per heavy atom. The van der Waals surface area contributed by atoms with Crippen LogP contribution in [0.15, 0.2) is 35.7 Å². The van der Waals surface area contributed by atoms with Gasteiger partial charge in [-0.3, -0.25) is 4.79 Å². The average molecular weight is 537 g/mol. The van der Waals surface area contributed by atoms with Crippen molar-refractivity contribution >= 4 is 34.6 Å². The summed E-state index contributed by atoms with van der Waals surface area (Å²) in [7, 11) is 0. The summed E-state index contributed by atoms with van der Waals surface area (Å²) < 4.78 is 7.89. The Bertz CT molecular complexity index is 1270. The van der Waals surface area contributed by atoms with E-state index in [0.29, 0.717) is 5.56 Å². The molecule has 0 bridgehead atoms. The maximum atomic E-state index is 13.3. The first-order valence-corrected chi connectivity index (χ1v) is 14.9. The van der Waals surface area contributed by atoms with Gasteiger partial charge < -0.3 is 14.7 Å². The molecule has 6 rings (SSSR count). The first kappa shape index (κ1) is 25.6. The van der Waals surface area contributed by atoms with Crippen molar-refractivity contribution in [3.63, 3.8) is 0 Å². The van der Waals surface area contributed by atoms with E-state index in [1.165, 1.54) is 11.3 Å². The molecule has 3 fully saturated rings. The van der Waals surface area contributed by atoms with Crippen LogP contribution in [0.2, 0.25) is 0 Å². The van der Waals surface area contributed by atoms with E-state index in [-0.39, 0.29) is 17.4 Å². The highest BCUT2D eigenvalue weighted by Gasteiger charge is 2.53. The summed E-state index contributed by atoms with van der Waals surface area (Å²) in [6, 6.07) is 9.27. The van der Waals surface area contributed by atoms with Crippen LogP contribution in [0.25, 0.3) is 11.0 Å². The molecule has 1 aromatic carbocycles. The molecule has 38 heavy (non-hydrogen) atoms. The van der Waals surface area contributed by atoms with Gasteiger partial charge >= 0.3 is 5.97 Å². The molecule has 3 aliphatic rings. The summed E-state index contributed by atoms with van der Waals surface area (Å²) in [6.45, 7) is 3.92. The number of aromatic nitrogens is 3. The van der Waals surface area contributed by atoms with Crippen LogP contribution in [-0.2, 0) is 21.7 Å². The topological polar surface area (TPSA) is 97.5 Å². The number of aldehydes is 1. The number of fused-ring (bicyclic) bond motifs is 1. The van der Waals surface area contributed by atoms with Gasteiger partial charge in [0.05, 0.1) is 5.52 Å².